The van der Waals surface area contributed by atoms with Gasteiger partial charge in [0.2, 0.25) is 0 Å². The third-order valence-electron chi connectivity index (χ3n) is 1.64. The summed E-state index contributed by atoms with van der Waals surface area (Å²) in [6.45, 7) is 0.529. The van der Waals surface area contributed by atoms with Gasteiger partial charge < -0.3 is 10.6 Å². The summed E-state index contributed by atoms with van der Waals surface area (Å²) in [6, 6.07) is 7.88. The van der Waals surface area contributed by atoms with E-state index in [1.54, 1.807) is 6.34 Å². The highest BCUT2D eigenvalue weighted by Gasteiger charge is 1.95. The normalized spacial score (nSPS) is 9.93. The van der Waals surface area contributed by atoms with Gasteiger partial charge in [-0.3, -0.25) is 0 Å². The second-order valence-corrected chi connectivity index (χ2v) is 3.04. The van der Waals surface area contributed by atoms with Crippen LogP contribution < -0.4 is 5.73 Å². The molecule has 0 radical (unpaired) electrons. The van der Waals surface area contributed by atoms with Gasteiger partial charge in [-0.1, -0.05) is 18.2 Å². The Morgan fingerprint density at radius 3 is 2.57 bits per heavy atom. The number of aliphatic imine (C=N–C) groups is 1. The Kier molecular flexibility index (Phi) is 5.92. The first-order valence-corrected chi connectivity index (χ1v) is 4.22. The van der Waals surface area contributed by atoms with Crippen molar-refractivity contribution in [1.29, 1.82) is 0 Å². The van der Waals surface area contributed by atoms with Gasteiger partial charge in [0.1, 0.15) is 0 Å². The maximum Gasteiger partial charge on any atom is 0.0907 e. The lowest BCUT2D eigenvalue weighted by Crippen LogP contribution is -2.07. The van der Waals surface area contributed by atoms with Crippen molar-refractivity contribution in [3.63, 3.8) is 0 Å². The molecule has 1 aromatic carbocycles. The van der Waals surface area contributed by atoms with Crippen molar-refractivity contribution in [3.05, 3.63) is 29.8 Å². The zero-order chi connectivity index (χ0) is 9.68. The summed E-state index contributed by atoms with van der Waals surface area (Å²) >= 11 is 0. The van der Waals surface area contributed by atoms with Gasteiger partial charge >= 0.3 is 0 Å². The molecule has 0 saturated carbocycles. The summed E-state index contributed by atoms with van der Waals surface area (Å²) in [4.78, 5) is 6.19. The molecule has 2 N–H and O–H groups in total. The SMILES string of the molecule is CN(C)C=Nc1ccccc1CN.Cl. The number of para-hydroxylation sites is 1. The number of hydrogen-bond acceptors (Lipinski definition) is 2. The highest BCUT2D eigenvalue weighted by atomic mass is 35.5. The smallest absolute Gasteiger partial charge is 0.0907 e. The van der Waals surface area contributed by atoms with Gasteiger partial charge in [-0.05, 0) is 11.6 Å². The van der Waals surface area contributed by atoms with Crippen LogP contribution in [-0.2, 0) is 6.54 Å². The summed E-state index contributed by atoms with van der Waals surface area (Å²) in [5, 5.41) is 0. The Balaban J connectivity index is 0.00000169. The molecule has 0 saturated heterocycles. The van der Waals surface area contributed by atoms with Crippen molar-refractivity contribution in [2.45, 2.75) is 6.54 Å². The molecule has 0 fully saturated rings. The molecule has 4 heteroatoms. The monoisotopic (exact) mass is 213 g/mol. The zero-order valence-corrected chi connectivity index (χ0v) is 9.29. The van der Waals surface area contributed by atoms with Gasteiger partial charge in [-0.25, -0.2) is 4.99 Å². The number of hydrogen-bond donors (Lipinski definition) is 1. The van der Waals surface area contributed by atoms with Crippen LogP contribution in [0.5, 0.6) is 0 Å². The Morgan fingerprint density at radius 2 is 2.00 bits per heavy atom. The first kappa shape index (κ1) is 12.9. The predicted molar refractivity (Wildman–Crippen MR) is 63.4 cm³/mol. The van der Waals surface area contributed by atoms with E-state index in [1.165, 1.54) is 0 Å². The minimum absolute atomic E-state index is 0. The van der Waals surface area contributed by atoms with Gasteiger partial charge in [0.05, 0.1) is 12.0 Å². The van der Waals surface area contributed by atoms with Crippen molar-refractivity contribution >= 4 is 24.4 Å². The van der Waals surface area contributed by atoms with E-state index in [9.17, 15) is 0 Å². The Hall–Kier alpha value is -1.06. The molecule has 14 heavy (non-hydrogen) atoms. The highest BCUT2D eigenvalue weighted by Crippen LogP contribution is 2.16. The van der Waals surface area contributed by atoms with Crippen molar-refractivity contribution in [3.8, 4) is 0 Å². The van der Waals surface area contributed by atoms with Crippen molar-refractivity contribution < 1.29 is 0 Å². The van der Waals surface area contributed by atoms with Crippen molar-refractivity contribution in [2.75, 3.05) is 14.1 Å². The van der Waals surface area contributed by atoms with E-state index < -0.39 is 0 Å². The number of rotatable bonds is 3. The van der Waals surface area contributed by atoms with E-state index in [0.29, 0.717) is 6.54 Å². The molecule has 3 nitrogen and oxygen atoms in total. The second kappa shape index (κ2) is 6.40. The standard InChI is InChI=1S/C10H15N3.ClH/c1-13(2)8-12-10-6-4-3-5-9(10)7-11;/h3-6,8H,7,11H2,1-2H3;1H. The average molecular weight is 214 g/mol. The molecule has 0 atom stereocenters. The summed E-state index contributed by atoms with van der Waals surface area (Å²) < 4.78 is 0. The molecule has 0 heterocycles. The third-order valence-corrected chi connectivity index (χ3v) is 1.64. The van der Waals surface area contributed by atoms with Gasteiger partial charge in [0.25, 0.3) is 0 Å². The Morgan fingerprint density at radius 1 is 1.36 bits per heavy atom. The molecule has 1 rings (SSSR count). The van der Waals surface area contributed by atoms with Crippen molar-refractivity contribution in [1.82, 2.24) is 4.90 Å². The lowest BCUT2D eigenvalue weighted by Gasteiger charge is -2.04. The summed E-state index contributed by atoms with van der Waals surface area (Å²) in [5.74, 6) is 0. The van der Waals surface area contributed by atoms with Crippen LogP contribution in [0.25, 0.3) is 0 Å². The molecule has 0 spiro atoms. The minimum atomic E-state index is 0. The summed E-state index contributed by atoms with van der Waals surface area (Å²) in [6.07, 6.45) is 1.77. The zero-order valence-electron chi connectivity index (χ0n) is 8.47. The average Bonchev–Trinajstić information content (AvgIpc) is 2.15. The molecular weight excluding hydrogens is 198 g/mol. The number of benzene rings is 1. The van der Waals surface area contributed by atoms with Crippen LogP contribution >= 0.6 is 12.4 Å². The number of nitrogens with zero attached hydrogens (tertiary/aromatic N) is 2. The van der Waals surface area contributed by atoms with Crippen molar-refractivity contribution in [2.24, 2.45) is 10.7 Å². The van der Waals surface area contributed by atoms with Crippen LogP contribution in [0.4, 0.5) is 5.69 Å². The molecule has 0 unspecified atom stereocenters. The minimum Gasteiger partial charge on any atom is -0.369 e. The van der Waals surface area contributed by atoms with E-state index in [-0.39, 0.29) is 12.4 Å². The third kappa shape index (κ3) is 3.77. The van der Waals surface area contributed by atoms with Crippen LogP contribution in [0.3, 0.4) is 0 Å². The summed E-state index contributed by atoms with van der Waals surface area (Å²) in [7, 11) is 3.88. The molecule has 0 aliphatic rings. The summed E-state index contributed by atoms with van der Waals surface area (Å²) in [5.41, 5.74) is 7.58. The first-order chi connectivity index (χ1) is 6.24. The maximum atomic E-state index is 5.57. The lowest BCUT2D eigenvalue weighted by molar-refractivity contribution is 0.643. The molecule has 0 amide bonds. The van der Waals surface area contributed by atoms with E-state index >= 15 is 0 Å². The van der Waals surface area contributed by atoms with Crippen LogP contribution in [0, 0.1) is 0 Å². The lowest BCUT2D eigenvalue weighted by atomic mass is 10.2. The maximum absolute atomic E-state index is 5.57. The van der Waals surface area contributed by atoms with Gasteiger partial charge in [-0.15, -0.1) is 12.4 Å². The fraction of sp³-hybridized carbons (Fsp3) is 0.300. The quantitative estimate of drug-likeness (QED) is 0.615. The fourth-order valence-electron chi connectivity index (χ4n) is 0.987. The van der Waals surface area contributed by atoms with Gasteiger partial charge in [-0.2, -0.15) is 0 Å². The van der Waals surface area contributed by atoms with Gasteiger partial charge in [0, 0.05) is 20.6 Å². The fourth-order valence-corrected chi connectivity index (χ4v) is 0.987. The predicted octanol–water partition coefficient (Wildman–Crippen LogP) is 1.79. The van der Waals surface area contributed by atoms with Crippen LogP contribution in [0.15, 0.2) is 29.3 Å². The number of halogens is 1. The molecule has 0 aliphatic heterocycles. The van der Waals surface area contributed by atoms with Crippen LogP contribution in [0.2, 0.25) is 0 Å². The highest BCUT2D eigenvalue weighted by molar-refractivity contribution is 5.85. The molecule has 0 aromatic heterocycles. The largest absolute Gasteiger partial charge is 0.369 e. The van der Waals surface area contributed by atoms with E-state index in [1.807, 2.05) is 43.3 Å². The van der Waals surface area contributed by atoms with Crippen LogP contribution in [-0.4, -0.2) is 25.3 Å². The Labute approximate surface area is 91.0 Å². The van der Waals surface area contributed by atoms with Gasteiger partial charge in [0.15, 0.2) is 0 Å². The van der Waals surface area contributed by atoms with Crippen LogP contribution in [0.1, 0.15) is 5.56 Å². The second-order valence-electron chi connectivity index (χ2n) is 3.04. The molecule has 0 bridgehead atoms. The van der Waals surface area contributed by atoms with E-state index in [4.69, 9.17) is 5.73 Å². The van der Waals surface area contributed by atoms with E-state index in [0.717, 1.165) is 11.3 Å². The molecule has 1 aromatic rings. The molecule has 0 aliphatic carbocycles. The topological polar surface area (TPSA) is 41.6 Å². The first-order valence-electron chi connectivity index (χ1n) is 4.22. The Bertz CT molecular complexity index is 297. The molecular formula is C10H16ClN3. The van der Waals surface area contributed by atoms with E-state index in [2.05, 4.69) is 4.99 Å². The molecule has 78 valence electrons. The number of nitrogens with two attached hydrogens (primary N) is 1.